The summed E-state index contributed by atoms with van der Waals surface area (Å²) < 4.78 is 21.9. The lowest BCUT2D eigenvalue weighted by Crippen LogP contribution is -2.73. The fraction of sp³-hybridized carbons (Fsp3) is 1.00. The van der Waals surface area contributed by atoms with Crippen molar-refractivity contribution in [3.05, 3.63) is 0 Å². The fourth-order valence-electron chi connectivity index (χ4n) is 4.39. The van der Waals surface area contributed by atoms with Crippen molar-refractivity contribution in [3.8, 4) is 0 Å². The minimum atomic E-state index is -1.75. The first-order chi connectivity index (χ1) is 15.9. The zero-order valence-electron chi connectivity index (χ0n) is 18.2. The van der Waals surface area contributed by atoms with Gasteiger partial charge in [0.25, 0.3) is 0 Å². The van der Waals surface area contributed by atoms with Crippen LogP contribution in [0, 0.1) is 0 Å². The monoisotopic (exact) mass is 500 g/mol. The fourth-order valence-corrected chi connectivity index (χ4v) is 4.39. The van der Waals surface area contributed by atoms with Crippen LogP contribution in [0.25, 0.3) is 0 Å². The number of aliphatic hydroxyl groups excluding tert-OH is 8. The van der Waals surface area contributed by atoms with Crippen LogP contribution >= 0.6 is 0 Å². The first kappa shape index (κ1) is 27.9. The molecule has 0 aromatic heterocycles. The molecule has 16 unspecified atom stereocenters. The lowest BCUT2D eigenvalue weighted by atomic mass is 9.82. The quantitative estimate of drug-likeness (QED) is 0.161. The van der Waals surface area contributed by atoms with E-state index in [9.17, 15) is 40.9 Å². The van der Waals surface area contributed by atoms with E-state index in [0.717, 1.165) is 0 Å². The molecule has 0 amide bonds. The van der Waals surface area contributed by atoms with Gasteiger partial charge in [-0.25, -0.2) is 0 Å². The van der Waals surface area contributed by atoms with Crippen molar-refractivity contribution >= 4 is 0 Å². The molecule has 2 aliphatic heterocycles. The molecule has 3 rings (SSSR count). The van der Waals surface area contributed by atoms with E-state index in [-0.39, 0.29) is 6.54 Å². The summed E-state index contributed by atoms with van der Waals surface area (Å²) in [7, 11) is 0. The molecule has 0 aromatic rings. The number of nitrogens with two attached hydrogens (primary N) is 4. The Kier molecular flexibility index (Phi) is 9.18. The first-order valence-corrected chi connectivity index (χ1v) is 10.9. The van der Waals surface area contributed by atoms with E-state index in [1.165, 1.54) is 0 Å². The van der Waals surface area contributed by atoms with Crippen LogP contribution in [-0.4, -0.2) is 152 Å². The molecule has 0 spiro atoms. The van der Waals surface area contributed by atoms with E-state index < -0.39 is 104 Å². The molecule has 200 valence electrons. The lowest BCUT2D eigenvalue weighted by molar-refractivity contribution is -0.336. The van der Waals surface area contributed by atoms with Gasteiger partial charge in [0.2, 0.25) is 0 Å². The van der Waals surface area contributed by atoms with Gasteiger partial charge in [0, 0.05) is 6.54 Å². The number of ether oxygens (including phenoxy) is 4. The van der Waals surface area contributed by atoms with Crippen molar-refractivity contribution in [1.29, 1.82) is 0 Å². The highest BCUT2D eigenvalue weighted by molar-refractivity contribution is 5.06. The van der Waals surface area contributed by atoms with Gasteiger partial charge in [-0.2, -0.15) is 0 Å². The largest absolute Gasteiger partial charge is 0.394 e. The number of hydrogen-bond acceptors (Lipinski definition) is 16. The second-order valence-corrected chi connectivity index (χ2v) is 8.87. The highest BCUT2D eigenvalue weighted by Gasteiger charge is 2.54. The standard InChI is InChI=1S/C18H36N4O12/c19-1-3-9(25)12(28)13(29)18(31-3)34-16-7(22)10(26)6(21)15(14(16)30)33-17-11(27)5(20)8(24)4(2-23)32-17/h3-18,23-30H,1-2,19-22H2. The third kappa shape index (κ3) is 5.09. The van der Waals surface area contributed by atoms with Crippen molar-refractivity contribution in [2.45, 2.75) is 97.8 Å². The van der Waals surface area contributed by atoms with E-state index in [0.29, 0.717) is 0 Å². The van der Waals surface area contributed by atoms with Crippen LogP contribution in [-0.2, 0) is 18.9 Å². The SMILES string of the molecule is NCC1OC(OC2C(N)C(O)C(N)C(OC3OC(CO)C(O)C(N)C3O)C2O)C(O)C(O)C1O. The van der Waals surface area contributed by atoms with Crippen molar-refractivity contribution in [2.24, 2.45) is 22.9 Å². The molecule has 16 atom stereocenters. The minimum Gasteiger partial charge on any atom is -0.394 e. The minimum absolute atomic E-state index is 0.224. The molecule has 16 N–H and O–H groups in total. The van der Waals surface area contributed by atoms with Crippen molar-refractivity contribution in [2.75, 3.05) is 13.2 Å². The van der Waals surface area contributed by atoms with Gasteiger partial charge in [-0.05, 0) is 0 Å². The summed E-state index contributed by atoms with van der Waals surface area (Å²) in [6.07, 6.45) is -19.5. The van der Waals surface area contributed by atoms with E-state index >= 15 is 0 Å². The normalized spacial score (nSPS) is 54.7. The van der Waals surface area contributed by atoms with E-state index in [1.807, 2.05) is 0 Å². The lowest BCUT2D eigenvalue weighted by Gasteiger charge is -2.49. The van der Waals surface area contributed by atoms with Gasteiger partial charge in [-0.15, -0.1) is 0 Å². The number of aliphatic hydroxyl groups is 8. The predicted octanol–water partition coefficient (Wildman–Crippen LogP) is -8.32. The molecule has 2 heterocycles. The summed E-state index contributed by atoms with van der Waals surface area (Å²) in [6.45, 7) is -0.869. The third-order valence-corrected chi connectivity index (χ3v) is 6.64. The van der Waals surface area contributed by atoms with E-state index in [2.05, 4.69) is 0 Å². The summed E-state index contributed by atoms with van der Waals surface area (Å²) in [4.78, 5) is 0. The van der Waals surface area contributed by atoms with Crippen molar-refractivity contribution in [3.63, 3.8) is 0 Å². The average Bonchev–Trinajstić information content (AvgIpc) is 2.82. The topological polar surface area (TPSA) is 303 Å². The van der Waals surface area contributed by atoms with Crippen LogP contribution < -0.4 is 22.9 Å². The number of rotatable bonds is 6. The molecule has 1 saturated carbocycles. The molecular formula is C18H36N4O12. The summed E-state index contributed by atoms with van der Waals surface area (Å²) in [6, 6.07) is -3.89. The highest BCUT2D eigenvalue weighted by Crippen LogP contribution is 2.31. The van der Waals surface area contributed by atoms with E-state index in [4.69, 9.17) is 41.9 Å². The Hall–Kier alpha value is -0.640. The Morgan fingerprint density at radius 1 is 0.559 bits per heavy atom. The molecule has 3 aliphatic rings. The second kappa shape index (κ2) is 11.2. The predicted molar refractivity (Wildman–Crippen MR) is 109 cm³/mol. The Bertz CT molecular complexity index is 612. The molecule has 0 aromatic carbocycles. The molecular weight excluding hydrogens is 464 g/mol. The summed E-state index contributed by atoms with van der Waals surface area (Å²) in [5.41, 5.74) is 23.3. The Balaban J connectivity index is 1.77. The molecule has 34 heavy (non-hydrogen) atoms. The van der Waals surface area contributed by atoms with Crippen LogP contribution in [0.4, 0.5) is 0 Å². The summed E-state index contributed by atoms with van der Waals surface area (Å²) in [5, 5.41) is 81.5. The Morgan fingerprint density at radius 3 is 1.56 bits per heavy atom. The molecule has 16 nitrogen and oxygen atoms in total. The maximum absolute atomic E-state index is 10.9. The molecule has 3 fully saturated rings. The molecule has 0 bridgehead atoms. The Labute approximate surface area is 194 Å². The van der Waals surface area contributed by atoms with Crippen molar-refractivity contribution < 1.29 is 59.8 Å². The smallest absolute Gasteiger partial charge is 0.187 e. The molecule has 1 aliphatic carbocycles. The second-order valence-electron chi connectivity index (χ2n) is 8.87. The van der Waals surface area contributed by atoms with Gasteiger partial charge < -0.3 is 82.7 Å². The van der Waals surface area contributed by atoms with E-state index in [1.54, 1.807) is 0 Å². The van der Waals surface area contributed by atoms with Gasteiger partial charge in [-0.3, -0.25) is 0 Å². The molecule has 0 radical (unpaired) electrons. The van der Waals surface area contributed by atoms with Gasteiger partial charge in [-0.1, -0.05) is 0 Å². The summed E-state index contributed by atoms with van der Waals surface area (Å²) in [5.74, 6) is 0. The van der Waals surface area contributed by atoms with Crippen molar-refractivity contribution in [1.82, 2.24) is 0 Å². The van der Waals surface area contributed by atoms with Crippen LogP contribution in [0.1, 0.15) is 0 Å². The average molecular weight is 501 g/mol. The van der Waals surface area contributed by atoms with Crippen LogP contribution in [0.15, 0.2) is 0 Å². The Morgan fingerprint density at radius 2 is 1.06 bits per heavy atom. The van der Waals surface area contributed by atoms with Crippen LogP contribution in [0.5, 0.6) is 0 Å². The molecule has 16 heteroatoms. The zero-order valence-corrected chi connectivity index (χ0v) is 18.2. The van der Waals surface area contributed by atoms with Gasteiger partial charge in [0.05, 0.1) is 30.8 Å². The number of hydrogen-bond donors (Lipinski definition) is 12. The highest BCUT2D eigenvalue weighted by atomic mass is 16.7. The third-order valence-electron chi connectivity index (χ3n) is 6.64. The van der Waals surface area contributed by atoms with Gasteiger partial charge in [0.1, 0.15) is 61.0 Å². The maximum Gasteiger partial charge on any atom is 0.187 e. The molecule has 2 saturated heterocycles. The zero-order chi connectivity index (χ0) is 25.5. The summed E-state index contributed by atoms with van der Waals surface area (Å²) >= 11 is 0. The van der Waals surface area contributed by atoms with Gasteiger partial charge in [0.15, 0.2) is 12.6 Å². The van der Waals surface area contributed by atoms with Crippen LogP contribution in [0.3, 0.4) is 0 Å². The maximum atomic E-state index is 10.9. The van der Waals surface area contributed by atoms with Gasteiger partial charge >= 0.3 is 0 Å². The van der Waals surface area contributed by atoms with Crippen LogP contribution in [0.2, 0.25) is 0 Å². The first-order valence-electron chi connectivity index (χ1n) is 10.9.